The fourth-order valence-corrected chi connectivity index (χ4v) is 1.17. The van der Waals surface area contributed by atoms with Gasteiger partial charge in [0.05, 0.1) is 19.8 Å². The molecule has 1 rings (SSSR count). The Labute approximate surface area is 83.1 Å². The summed E-state index contributed by atoms with van der Waals surface area (Å²) in [5.41, 5.74) is 1.19. The van der Waals surface area contributed by atoms with Crippen LogP contribution in [0.1, 0.15) is 12.8 Å². The third-order valence-electron chi connectivity index (χ3n) is 1.94. The van der Waals surface area contributed by atoms with Crippen molar-refractivity contribution in [3.05, 3.63) is 11.8 Å². The Morgan fingerprint density at radius 2 is 2.21 bits per heavy atom. The van der Waals surface area contributed by atoms with E-state index in [1.54, 1.807) is 6.20 Å². The van der Waals surface area contributed by atoms with Crippen LogP contribution in [-0.4, -0.2) is 37.5 Å². The average Bonchev–Trinajstić information content (AvgIpc) is 2.25. The number of amides is 2. The van der Waals surface area contributed by atoms with E-state index < -0.39 is 0 Å². The predicted molar refractivity (Wildman–Crippen MR) is 51.8 cm³/mol. The SMILES string of the molecule is O=C(NC=C1CCOCC1)NCCO. The van der Waals surface area contributed by atoms with Crippen LogP contribution in [0.3, 0.4) is 0 Å². The second-order valence-electron chi connectivity index (χ2n) is 3.04. The molecule has 0 spiro atoms. The number of aliphatic hydroxyl groups excluding tert-OH is 1. The summed E-state index contributed by atoms with van der Waals surface area (Å²) in [7, 11) is 0. The molecule has 2 amide bonds. The molecule has 0 bridgehead atoms. The third-order valence-corrected chi connectivity index (χ3v) is 1.94. The predicted octanol–water partition coefficient (Wildman–Crippen LogP) is -0.0278. The number of ether oxygens (including phenoxy) is 1. The van der Waals surface area contributed by atoms with Crippen molar-refractivity contribution in [2.75, 3.05) is 26.4 Å². The summed E-state index contributed by atoms with van der Waals surface area (Å²) in [6.07, 6.45) is 3.47. The van der Waals surface area contributed by atoms with E-state index in [-0.39, 0.29) is 19.2 Å². The lowest BCUT2D eigenvalue weighted by molar-refractivity contribution is 0.119. The molecule has 1 fully saturated rings. The van der Waals surface area contributed by atoms with Gasteiger partial charge in [-0.3, -0.25) is 0 Å². The molecule has 0 aromatic rings. The second-order valence-corrected chi connectivity index (χ2v) is 3.04. The van der Waals surface area contributed by atoms with E-state index in [4.69, 9.17) is 9.84 Å². The fourth-order valence-electron chi connectivity index (χ4n) is 1.17. The summed E-state index contributed by atoms with van der Waals surface area (Å²) < 4.78 is 5.17. The number of hydrogen-bond acceptors (Lipinski definition) is 3. The van der Waals surface area contributed by atoms with Gasteiger partial charge in [0.1, 0.15) is 0 Å². The van der Waals surface area contributed by atoms with Crippen LogP contribution in [0.5, 0.6) is 0 Å². The van der Waals surface area contributed by atoms with Crippen LogP contribution in [-0.2, 0) is 4.74 Å². The number of urea groups is 1. The molecule has 1 aliphatic rings. The standard InChI is InChI=1S/C9H16N2O3/c12-4-3-10-9(13)11-7-8-1-5-14-6-2-8/h7,12H,1-6H2,(H2,10,11,13). The van der Waals surface area contributed by atoms with Crippen molar-refractivity contribution >= 4 is 6.03 Å². The Kier molecular flexibility index (Phi) is 5.03. The molecule has 0 aliphatic carbocycles. The Hall–Kier alpha value is -1.07. The van der Waals surface area contributed by atoms with E-state index in [1.165, 1.54) is 5.57 Å². The van der Waals surface area contributed by atoms with Crippen molar-refractivity contribution < 1.29 is 14.6 Å². The monoisotopic (exact) mass is 200 g/mol. The lowest BCUT2D eigenvalue weighted by Crippen LogP contribution is -2.34. The maximum absolute atomic E-state index is 11.0. The molecule has 0 radical (unpaired) electrons. The Morgan fingerprint density at radius 3 is 2.86 bits per heavy atom. The zero-order valence-electron chi connectivity index (χ0n) is 8.08. The first kappa shape index (κ1) is 11.0. The van der Waals surface area contributed by atoms with Gasteiger partial charge in [-0.05, 0) is 18.4 Å². The highest BCUT2D eigenvalue weighted by molar-refractivity contribution is 5.74. The lowest BCUT2D eigenvalue weighted by Gasteiger charge is -2.14. The Balaban J connectivity index is 2.19. The first-order valence-corrected chi connectivity index (χ1v) is 4.74. The molecule has 0 saturated carbocycles. The van der Waals surface area contributed by atoms with Crippen LogP contribution in [0.25, 0.3) is 0 Å². The Bertz CT molecular complexity index is 208. The topological polar surface area (TPSA) is 70.6 Å². The molecule has 1 aliphatic heterocycles. The summed E-state index contributed by atoms with van der Waals surface area (Å²) >= 11 is 0. The molecule has 5 heteroatoms. The van der Waals surface area contributed by atoms with Gasteiger partial charge in [0.25, 0.3) is 0 Å². The maximum Gasteiger partial charge on any atom is 0.318 e. The van der Waals surface area contributed by atoms with Crippen LogP contribution in [0.15, 0.2) is 11.8 Å². The van der Waals surface area contributed by atoms with Gasteiger partial charge in [0, 0.05) is 12.7 Å². The molecular formula is C9H16N2O3. The minimum absolute atomic E-state index is 0.0438. The highest BCUT2D eigenvalue weighted by atomic mass is 16.5. The van der Waals surface area contributed by atoms with Crippen LogP contribution < -0.4 is 10.6 Å². The van der Waals surface area contributed by atoms with Gasteiger partial charge in [-0.2, -0.15) is 0 Å². The largest absolute Gasteiger partial charge is 0.395 e. The maximum atomic E-state index is 11.0. The van der Waals surface area contributed by atoms with Crippen molar-refractivity contribution in [2.45, 2.75) is 12.8 Å². The molecule has 3 N–H and O–H groups in total. The first-order valence-electron chi connectivity index (χ1n) is 4.74. The highest BCUT2D eigenvalue weighted by Crippen LogP contribution is 2.11. The summed E-state index contributed by atoms with van der Waals surface area (Å²) in [5.74, 6) is 0. The minimum atomic E-state index is -0.280. The molecule has 1 saturated heterocycles. The Morgan fingerprint density at radius 1 is 1.50 bits per heavy atom. The van der Waals surface area contributed by atoms with Crippen LogP contribution in [0.4, 0.5) is 4.79 Å². The van der Waals surface area contributed by atoms with Gasteiger partial charge in [-0.1, -0.05) is 0 Å². The normalized spacial score (nSPS) is 16.2. The van der Waals surface area contributed by atoms with E-state index in [9.17, 15) is 4.79 Å². The van der Waals surface area contributed by atoms with Crippen LogP contribution in [0, 0.1) is 0 Å². The van der Waals surface area contributed by atoms with E-state index in [0.29, 0.717) is 0 Å². The molecule has 1 heterocycles. The van der Waals surface area contributed by atoms with Crippen molar-refractivity contribution in [3.8, 4) is 0 Å². The van der Waals surface area contributed by atoms with Crippen molar-refractivity contribution in [1.82, 2.24) is 10.6 Å². The smallest absolute Gasteiger partial charge is 0.318 e. The fraction of sp³-hybridized carbons (Fsp3) is 0.667. The van der Waals surface area contributed by atoms with Gasteiger partial charge >= 0.3 is 6.03 Å². The molecule has 0 aromatic carbocycles. The summed E-state index contributed by atoms with van der Waals surface area (Å²) in [4.78, 5) is 11.0. The zero-order chi connectivity index (χ0) is 10.2. The van der Waals surface area contributed by atoms with E-state index >= 15 is 0 Å². The van der Waals surface area contributed by atoms with Gasteiger partial charge in [0.2, 0.25) is 0 Å². The van der Waals surface area contributed by atoms with Crippen molar-refractivity contribution in [1.29, 1.82) is 0 Å². The van der Waals surface area contributed by atoms with Crippen molar-refractivity contribution in [2.24, 2.45) is 0 Å². The van der Waals surface area contributed by atoms with E-state index in [0.717, 1.165) is 26.1 Å². The van der Waals surface area contributed by atoms with Crippen LogP contribution >= 0.6 is 0 Å². The second kappa shape index (κ2) is 6.39. The quantitative estimate of drug-likeness (QED) is 0.599. The average molecular weight is 200 g/mol. The first-order chi connectivity index (χ1) is 6.83. The van der Waals surface area contributed by atoms with Crippen LogP contribution in [0.2, 0.25) is 0 Å². The molecule has 0 aromatic heterocycles. The van der Waals surface area contributed by atoms with E-state index in [2.05, 4.69) is 10.6 Å². The number of hydrogen-bond donors (Lipinski definition) is 3. The highest BCUT2D eigenvalue weighted by Gasteiger charge is 2.05. The lowest BCUT2D eigenvalue weighted by atomic mass is 10.1. The van der Waals surface area contributed by atoms with Crippen molar-refractivity contribution in [3.63, 3.8) is 0 Å². The number of rotatable bonds is 3. The minimum Gasteiger partial charge on any atom is -0.395 e. The molecular weight excluding hydrogens is 184 g/mol. The number of aliphatic hydroxyl groups is 1. The van der Waals surface area contributed by atoms with E-state index in [1.807, 2.05) is 0 Å². The molecule has 80 valence electrons. The molecule has 0 unspecified atom stereocenters. The summed E-state index contributed by atoms with van der Waals surface area (Å²) in [5, 5.41) is 13.6. The summed E-state index contributed by atoms with van der Waals surface area (Å²) in [6, 6.07) is -0.280. The number of nitrogens with one attached hydrogen (secondary N) is 2. The number of carbonyl (C=O) groups is 1. The zero-order valence-corrected chi connectivity index (χ0v) is 8.08. The molecule has 14 heavy (non-hydrogen) atoms. The van der Waals surface area contributed by atoms with Gasteiger partial charge in [-0.15, -0.1) is 0 Å². The van der Waals surface area contributed by atoms with Gasteiger partial charge in [-0.25, -0.2) is 4.79 Å². The molecule has 5 nitrogen and oxygen atoms in total. The third kappa shape index (κ3) is 4.25. The van der Waals surface area contributed by atoms with Gasteiger partial charge < -0.3 is 20.5 Å². The summed E-state index contributed by atoms with van der Waals surface area (Å²) in [6.45, 7) is 1.69. The number of carbonyl (C=O) groups excluding carboxylic acids is 1. The molecule has 0 atom stereocenters. The van der Waals surface area contributed by atoms with Gasteiger partial charge in [0.15, 0.2) is 0 Å².